The highest BCUT2D eigenvalue weighted by molar-refractivity contribution is 7.73. The van der Waals surface area contributed by atoms with E-state index in [0.29, 0.717) is 15.3 Å². The molecule has 2 heterocycles. The first-order valence-electron chi connectivity index (χ1n) is 8.05. The molecule has 2 aromatic rings. The Morgan fingerprint density at radius 2 is 2.20 bits per heavy atom. The van der Waals surface area contributed by atoms with Crippen molar-refractivity contribution >= 4 is 53.1 Å². The van der Waals surface area contributed by atoms with Crippen molar-refractivity contribution in [1.29, 1.82) is 0 Å². The smallest absolute Gasteiger partial charge is 0.326 e. The van der Waals surface area contributed by atoms with E-state index in [9.17, 15) is 15.0 Å². The van der Waals surface area contributed by atoms with Crippen LogP contribution in [-0.2, 0) is 4.79 Å². The Morgan fingerprint density at radius 3 is 2.92 bits per heavy atom. The third-order valence-corrected chi connectivity index (χ3v) is 5.45. The molecule has 2 N–H and O–H groups in total. The van der Waals surface area contributed by atoms with Crippen LogP contribution in [0.4, 0.5) is 5.69 Å². The summed E-state index contributed by atoms with van der Waals surface area (Å²) in [5, 5.41) is 20.1. The van der Waals surface area contributed by atoms with Crippen LogP contribution in [0.1, 0.15) is 42.7 Å². The Morgan fingerprint density at radius 1 is 1.44 bits per heavy atom. The van der Waals surface area contributed by atoms with E-state index >= 15 is 0 Å². The van der Waals surface area contributed by atoms with Crippen molar-refractivity contribution in [1.82, 2.24) is 4.57 Å². The normalized spacial score (nSPS) is 15.5. The number of aromatic hydroxyl groups is 1. The Bertz CT molecular complexity index is 925. The third-order valence-electron chi connectivity index (χ3n) is 4.11. The summed E-state index contributed by atoms with van der Waals surface area (Å²) in [5.74, 6) is -1.08. The quantitative estimate of drug-likeness (QED) is 0.693. The molecule has 0 radical (unpaired) electrons. The Labute approximate surface area is 154 Å². The first kappa shape index (κ1) is 17.6. The molecule has 0 saturated carbocycles. The Balaban J connectivity index is 2.01. The Hall–Kier alpha value is -2.25. The van der Waals surface area contributed by atoms with E-state index in [2.05, 4.69) is 4.99 Å². The third kappa shape index (κ3) is 3.43. The first-order chi connectivity index (χ1) is 12.0. The molecule has 0 saturated heterocycles. The van der Waals surface area contributed by atoms with Gasteiger partial charge in [-0.15, -0.1) is 11.3 Å². The highest BCUT2D eigenvalue weighted by Crippen LogP contribution is 2.37. The number of carboxylic acids is 1. The number of fused-ring (bicyclic) bond motifs is 1. The minimum absolute atomic E-state index is 0.0937. The van der Waals surface area contributed by atoms with Gasteiger partial charge in [-0.3, -0.25) is 9.56 Å². The topological polar surface area (TPSA) is 74.8 Å². The fourth-order valence-electron chi connectivity index (χ4n) is 2.82. The minimum atomic E-state index is -0.982. The number of aliphatic carboxylic acids is 1. The zero-order valence-electron chi connectivity index (χ0n) is 13.7. The average molecular weight is 374 g/mol. The lowest BCUT2D eigenvalue weighted by molar-refractivity contribution is -0.141. The van der Waals surface area contributed by atoms with Crippen molar-refractivity contribution in [2.75, 3.05) is 0 Å². The molecular weight excluding hydrogens is 356 g/mol. The SMILES string of the molecule is CCCC[C@@H](C(=O)O)n1c(O)c(/C=C2\C=Nc3ccccc32)sc1=S. The van der Waals surface area contributed by atoms with Gasteiger partial charge in [0.2, 0.25) is 5.88 Å². The van der Waals surface area contributed by atoms with Crippen molar-refractivity contribution in [2.45, 2.75) is 32.2 Å². The number of carbonyl (C=O) groups is 1. The standard InChI is InChI=1S/C18H18N2O3S2/c1-2-3-8-14(17(22)23)20-16(21)15(25-18(20)24)9-11-10-19-13-7-5-4-6-12(11)13/h4-7,9-10,14,21H,2-3,8H2,1H3,(H,22,23)/b11-9+/t14-/m0/s1. The van der Waals surface area contributed by atoms with E-state index in [-0.39, 0.29) is 5.88 Å². The summed E-state index contributed by atoms with van der Waals surface area (Å²) in [7, 11) is 0. The molecule has 0 aliphatic carbocycles. The van der Waals surface area contributed by atoms with E-state index in [0.717, 1.165) is 29.7 Å². The van der Waals surface area contributed by atoms with Gasteiger partial charge in [0, 0.05) is 17.4 Å². The fraction of sp³-hybridized carbons (Fsp3) is 0.278. The number of carboxylic acid groups (broad SMARTS) is 1. The molecule has 1 aromatic carbocycles. The summed E-state index contributed by atoms with van der Waals surface area (Å²) in [6, 6.07) is 6.88. The predicted octanol–water partition coefficient (Wildman–Crippen LogP) is 5.06. The Kier molecular flexibility index (Phi) is 5.15. The number of hydrogen-bond donors (Lipinski definition) is 2. The molecule has 0 spiro atoms. The number of unbranched alkanes of at least 4 members (excludes halogenated alkanes) is 1. The van der Waals surface area contributed by atoms with Crippen LogP contribution in [0.5, 0.6) is 5.88 Å². The van der Waals surface area contributed by atoms with Gasteiger partial charge < -0.3 is 10.2 Å². The van der Waals surface area contributed by atoms with Gasteiger partial charge in [0.05, 0.1) is 10.6 Å². The minimum Gasteiger partial charge on any atom is -0.493 e. The summed E-state index contributed by atoms with van der Waals surface area (Å²) in [4.78, 5) is 16.5. The van der Waals surface area contributed by atoms with Gasteiger partial charge in [-0.1, -0.05) is 38.0 Å². The van der Waals surface area contributed by atoms with E-state index < -0.39 is 12.0 Å². The van der Waals surface area contributed by atoms with E-state index in [1.807, 2.05) is 31.2 Å². The van der Waals surface area contributed by atoms with Crippen LogP contribution in [0.25, 0.3) is 11.6 Å². The average Bonchev–Trinajstić information content (AvgIpc) is 3.11. The van der Waals surface area contributed by atoms with Gasteiger partial charge >= 0.3 is 5.97 Å². The van der Waals surface area contributed by atoms with Crippen molar-refractivity contribution in [2.24, 2.45) is 4.99 Å². The number of aromatic nitrogens is 1. The van der Waals surface area contributed by atoms with E-state index in [1.54, 1.807) is 12.3 Å². The second-order valence-electron chi connectivity index (χ2n) is 5.80. The molecule has 0 fully saturated rings. The summed E-state index contributed by atoms with van der Waals surface area (Å²) in [6.45, 7) is 2.00. The molecule has 3 rings (SSSR count). The lowest BCUT2D eigenvalue weighted by atomic mass is 10.1. The van der Waals surface area contributed by atoms with E-state index in [1.165, 1.54) is 15.9 Å². The number of rotatable bonds is 6. The van der Waals surface area contributed by atoms with Crippen molar-refractivity contribution in [3.8, 4) is 5.88 Å². The molecule has 130 valence electrons. The lowest BCUT2D eigenvalue weighted by Crippen LogP contribution is -2.18. The van der Waals surface area contributed by atoms with Crippen molar-refractivity contribution < 1.29 is 15.0 Å². The number of thiazole rings is 1. The highest BCUT2D eigenvalue weighted by atomic mass is 32.1. The van der Waals surface area contributed by atoms with Crippen molar-refractivity contribution in [3.05, 3.63) is 38.7 Å². The monoisotopic (exact) mass is 374 g/mol. The molecule has 1 aromatic heterocycles. The van der Waals surface area contributed by atoms with Crippen LogP contribution in [0.15, 0.2) is 29.3 Å². The molecule has 1 aliphatic rings. The molecule has 25 heavy (non-hydrogen) atoms. The number of allylic oxidation sites excluding steroid dienone is 1. The van der Waals surface area contributed by atoms with Gasteiger partial charge in [0.1, 0.15) is 6.04 Å². The van der Waals surface area contributed by atoms with Gasteiger partial charge in [-0.2, -0.15) is 0 Å². The maximum atomic E-state index is 11.6. The summed E-state index contributed by atoms with van der Waals surface area (Å²) in [5.41, 5.74) is 2.73. The fourth-order valence-corrected chi connectivity index (χ4v) is 4.18. The zero-order chi connectivity index (χ0) is 18.0. The molecule has 0 amide bonds. The van der Waals surface area contributed by atoms with Crippen LogP contribution in [0.2, 0.25) is 0 Å². The summed E-state index contributed by atoms with van der Waals surface area (Å²) >= 11 is 6.53. The van der Waals surface area contributed by atoms with Crippen molar-refractivity contribution in [3.63, 3.8) is 0 Å². The van der Waals surface area contributed by atoms with Crippen LogP contribution >= 0.6 is 23.6 Å². The van der Waals surface area contributed by atoms with Gasteiger partial charge in [0.25, 0.3) is 0 Å². The molecule has 7 heteroatoms. The molecule has 0 bridgehead atoms. The van der Waals surface area contributed by atoms with Crippen LogP contribution in [-0.4, -0.2) is 27.0 Å². The molecule has 1 aliphatic heterocycles. The predicted molar refractivity (Wildman–Crippen MR) is 103 cm³/mol. The maximum Gasteiger partial charge on any atom is 0.326 e. The summed E-state index contributed by atoms with van der Waals surface area (Å²) in [6.07, 6.45) is 5.62. The maximum absolute atomic E-state index is 11.6. The molecule has 5 nitrogen and oxygen atoms in total. The molecule has 0 unspecified atom stereocenters. The van der Waals surface area contributed by atoms with Gasteiger partial charge in [-0.05, 0) is 30.8 Å². The van der Waals surface area contributed by atoms with Crippen LogP contribution in [0.3, 0.4) is 0 Å². The van der Waals surface area contributed by atoms with Gasteiger partial charge in [-0.25, -0.2) is 4.79 Å². The molecular formula is C18H18N2O3S2. The summed E-state index contributed by atoms with van der Waals surface area (Å²) < 4.78 is 1.71. The molecule has 1 atom stereocenters. The van der Waals surface area contributed by atoms with Crippen LogP contribution in [0, 0.1) is 3.95 Å². The van der Waals surface area contributed by atoms with E-state index in [4.69, 9.17) is 12.2 Å². The number of hydrogen-bond acceptors (Lipinski definition) is 5. The number of benzene rings is 1. The number of nitrogens with zero attached hydrogens (tertiary/aromatic N) is 2. The first-order valence-corrected chi connectivity index (χ1v) is 9.27. The number of para-hydroxylation sites is 1. The lowest BCUT2D eigenvalue weighted by Gasteiger charge is -2.14. The zero-order valence-corrected chi connectivity index (χ0v) is 15.3. The highest BCUT2D eigenvalue weighted by Gasteiger charge is 2.25. The second kappa shape index (κ2) is 7.33. The second-order valence-corrected chi connectivity index (χ2v) is 7.47. The van der Waals surface area contributed by atoms with Gasteiger partial charge in [0.15, 0.2) is 3.95 Å². The number of aliphatic imine (C=N–C) groups is 1. The largest absolute Gasteiger partial charge is 0.493 e. The van der Waals surface area contributed by atoms with Crippen LogP contribution < -0.4 is 0 Å².